The van der Waals surface area contributed by atoms with E-state index in [1.54, 1.807) is 43.0 Å². The number of primary amides is 1. The van der Waals surface area contributed by atoms with Gasteiger partial charge in [-0.15, -0.1) is 0 Å². The van der Waals surface area contributed by atoms with Gasteiger partial charge in [-0.25, -0.2) is 10.3 Å². The van der Waals surface area contributed by atoms with E-state index in [0.717, 1.165) is 12.0 Å². The van der Waals surface area contributed by atoms with Crippen molar-refractivity contribution >= 4 is 53.0 Å². The van der Waals surface area contributed by atoms with Crippen LogP contribution >= 0.6 is 0 Å². The van der Waals surface area contributed by atoms with Crippen LogP contribution in [-0.4, -0.2) is 79.9 Å². The average molecular weight is 760 g/mol. The Morgan fingerprint density at radius 3 is 2.31 bits per heavy atom. The molecule has 296 valence electrons. The third-order valence-corrected chi connectivity index (χ3v) is 9.52. The maximum absolute atomic E-state index is 13.9. The lowest BCUT2D eigenvalue weighted by Gasteiger charge is -2.30. The second-order valence-corrected chi connectivity index (χ2v) is 14.0. The van der Waals surface area contributed by atoms with Crippen LogP contribution in [0.1, 0.15) is 82.4 Å². The second-order valence-electron chi connectivity index (χ2n) is 14.0. The van der Waals surface area contributed by atoms with Crippen molar-refractivity contribution in [3.8, 4) is 0 Å². The molecule has 2 heterocycles. The maximum Gasteiger partial charge on any atom is 0.312 e. The van der Waals surface area contributed by atoms with Gasteiger partial charge in [0, 0.05) is 37.1 Å². The molecule has 4 atom stereocenters. The Morgan fingerprint density at radius 2 is 1.64 bits per heavy atom. The number of amides is 6. The van der Waals surface area contributed by atoms with Gasteiger partial charge in [0.25, 0.3) is 0 Å². The fourth-order valence-electron chi connectivity index (χ4n) is 6.43. The summed E-state index contributed by atoms with van der Waals surface area (Å²) < 4.78 is 5.38. The van der Waals surface area contributed by atoms with Gasteiger partial charge in [-0.3, -0.25) is 19.2 Å². The minimum atomic E-state index is -0.972. The van der Waals surface area contributed by atoms with E-state index in [0.29, 0.717) is 61.0 Å². The summed E-state index contributed by atoms with van der Waals surface area (Å²) in [7, 11) is 0. The molecule has 8 N–H and O–H groups in total. The van der Waals surface area contributed by atoms with Gasteiger partial charge in [0.15, 0.2) is 0 Å². The summed E-state index contributed by atoms with van der Waals surface area (Å²) in [6.45, 7) is 6.24. The Labute approximate surface area is 321 Å². The number of carbonyl (C=O) groups is 6. The molecule has 0 aliphatic carbocycles. The van der Waals surface area contributed by atoms with Crippen LogP contribution in [0.4, 0.5) is 10.5 Å². The number of nitrogens with two attached hydrogens (primary N) is 1. The lowest BCUT2D eigenvalue weighted by atomic mass is 9.95. The molecule has 6 amide bonds. The highest BCUT2D eigenvalue weighted by atomic mass is 16.6. The molecule has 16 heteroatoms. The van der Waals surface area contributed by atoms with E-state index < -0.39 is 29.9 Å². The lowest BCUT2D eigenvalue weighted by molar-refractivity contribution is -0.130. The van der Waals surface area contributed by atoms with E-state index in [1.807, 2.05) is 31.2 Å². The van der Waals surface area contributed by atoms with Gasteiger partial charge in [0.1, 0.15) is 18.0 Å². The third-order valence-electron chi connectivity index (χ3n) is 9.52. The number of carbonyl (C=O) groups excluding carboxylic acids is 6. The van der Waals surface area contributed by atoms with Crippen LogP contribution in [0.15, 0.2) is 53.6 Å². The summed E-state index contributed by atoms with van der Waals surface area (Å²) in [6.07, 6.45) is 4.09. The van der Waals surface area contributed by atoms with E-state index in [2.05, 4.69) is 31.7 Å². The average Bonchev–Trinajstić information content (AvgIpc) is 3.87. The highest BCUT2D eigenvalue weighted by Gasteiger charge is 2.33. The van der Waals surface area contributed by atoms with Crippen LogP contribution in [0.25, 0.3) is 11.4 Å². The first kappa shape index (κ1) is 42.1. The van der Waals surface area contributed by atoms with Gasteiger partial charge in [-0.1, -0.05) is 56.3 Å². The summed E-state index contributed by atoms with van der Waals surface area (Å²) in [5.74, 6) is -1.60. The van der Waals surface area contributed by atoms with Crippen LogP contribution in [0, 0.1) is 11.4 Å². The number of benzene rings is 2. The second kappa shape index (κ2) is 20.7. The zero-order valence-corrected chi connectivity index (χ0v) is 31.7. The summed E-state index contributed by atoms with van der Waals surface area (Å²) in [5.41, 5.74) is 16.4. The number of epoxide rings is 1. The number of ether oxygens (including phenoxy) is 1. The van der Waals surface area contributed by atoms with Crippen molar-refractivity contribution in [1.82, 2.24) is 26.6 Å². The predicted molar refractivity (Wildman–Crippen MR) is 206 cm³/mol. The summed E-state index contributed by atoms with van der Waals surface area (Å²) >= 11 is 0. The topological polar surface area (TPSA) is 241 Å². The standard InChI is InChI=1S/C39H53N9O7/c1-24(2)35(38(53)45-27(23-49)12-10-19-43-39(40)54)46-33(51)21-44-36-29-14-6-7-15-30(29)48(22-26-11-4-5-13-28(26)37(36)47-41)34(52)17-9-8-16-32(50)42-20-18-31-25(3)55-31/h4-7,11,13-15,23-25,27,31,35,41,44H,8-10,12,16-22H2,1-3H3,(H,42,50)(H,45,53)(H,46,51)(H3,40,43,54)/b37-36-,47-41?/t25?,27-,31?,35-/m0/s1. The van der Waals surface area contributed by atoms with Crippen LogP contribution in [0.5, 0.6) is 0 Å². The van der Waals surface area contributed by atoms with Gasteiger partial charge in [0.2, 0.25) is 23.6 Å². The van der Waals surface area contributed by atoms with Gasteiger partial charge in [-0.05, 0) is 56.6 Å². The van der Waals surface area contributed by atoms with E-state index in [4.69, 9.17) is 16.0 Å². The number of nitrogens with one attached hydrogen (secondary N) is 6. The van der Waals surface area contributed by atoms with E-state index >= 15 is 0 Å². The van der Waals surface area contributed by atoms with Crippen molar-refractivity contribution < 1.29 is 33.5 Å². The molecule has 55 heavy (non-hydrogen) atoms. The number of hydrogen-bond donors (Lipinski definition) is 7. The largest absolute Gasteiger partial charge is 0.374 e. The highest BCUT2D eigenvalue weighted by Crippen LogP contribution is 2.37. The molecule has 4 rings (SSSR count). The van der Waals surface area contributed by atoms with Crippen LogP contribution in [0.2, 0.25) is 0 Å². The molecule has 2 aliphatic rings. The number of anilines is 1. The molecule has 0 bridgehead atoms. The number of nitrogens with zero attached hydrogens (tertiary/aromatic N) is 2. The number of fused-ring (bicyclic) bond motifs is 2. The van der Waals surface area contributed by atoms with E-state index in [1.165, 1.54) is 0 Å². The molecule has 0 radical (unpaired) electrons. The molecule has 2 aromatic rings. The van der Waals surface area contributed by atoms with Gasteiger partial charge in [0.05, 0.1) is 42.7 Å². The minimum Gasteiger partial charge on any atom is -0.374 e. The monoisotopic (exact) mass is 759 g/mol. The highest BCUT2D eigenvalue weighted by molar-refractivity contribution is 6.02. The number of urea groups is 1. The molecule has 2 aromatic carbocycles. The quantitative estimate of drug-likeness (QED) is 0.0431. The smallest absolute Gasteiger partial charge is 0.312 e. The Bertz CT molecular complexity index is 1750. The zero-order valence-electron chi connectivity index (χ0n) is 31.7. The molecule has 0 aromatic heterocycles. The van der Waals surface area contributed by atoms with Crippen molar-refractivity contribution in [2.24, 2.45) is 16.8 Å². The first-order valence-electron chi connectivity index (χ1n) is 18.8. The SMILES string of the molecule is CC1OC1CCNC(=O)CCCCC(=O)N1Cc2ccccc2/C(N=N)=C(/NCC(=O)N[C@H](C(=O)N[C@H](C=O)CCCNC(N)=O)C(C)C)c2ccccc21. The Balaban J connectivity index is 1.46. The van der Waals surface area contributed by atoms with E-state index in [9.17, 15) is 28.8 Å². The summed E-state index contributed by atoms with van der Waals surface area (Å²) in [4.78, 5) is 77.2. The number of rotatable bonds is 21. The first-order chi connectivity index (χ1) is 26.4. The number of unbranched alkanes of at least 4 members (excludes halogenated alkanes) is 1. The van der Waals surface area contributed by atoms with Crippen molar-refractivity contribution in [1.29, 1.82) is 5.53 Å². The molecular formula is C39H53N9O7. The van der Waals surface area contributed by atoms with Crippen LogP contribution < -0.4 is 37.2 Å². The van der Waals surface area contributed by atoms with Crippen LogP contribution in [-0.2, 0) is 35.3 Å². The molecular weight excluding hydrogens is 706 g/mol. The Morgan fingerprint density at radius 1 is 0.945 bits per heavy atom. The molecule has 16 nitrogen and oxygen atoms in total. The molecule has 1 fully saturated rings. The molecule has 0 spiro atoms. The van der Waals surface area contributed by atoms with Crippen molar-refractivity contribution in [2.75, 3.05) is 24.5 Å². The molecule has 2 aliphatic heterocycles. The number of hydrogen-bond acceptors (Lipinski definition) is 10. The fourth-order valence-corrected chi connectivity index (χ4v) is 6.43. The van der Waals surface area contributed by atoms with Gasteiger partial charge in [-0.2, -0.15) is 5.11 Å². The molecule has 1 saturated heterocycles. The van der Waals surface area contributed by atoms with Gasteiger partial charge >= 0.3 is 6.03 Å². The first-order valence-corrected chi connectivity index (χ1v) is 18.8. The van der Waals surface area contributed by atoms with Gasteiger partial charge < -0.3 is 46.7 Å². The maximum atomic E-state index is 13.9. The van der Waals surface area contributed by atoms with Crippen molar-refractivity contribution in [3.05, 3.63) is 65.2 Å². The third kappa shape index (κ3) is 12.5. The number of para-hydroxylation sites is 1. The molecule has 0 saturated carbocycles. The number of aldehydes is 1. The summed E-state index contributed by atoms with van der Waals surface area (Å²) in [5, 5.41) is 17.8. The fraction of sp³-hybridized carbons (Fsp3) is 0.487. The minimum absolute atomic E-state index is 0.0557. The predicted octanol–water partition coefficient (Wildman–Crippen LogP) is 3.11. The van der Waals surface area contributed by atoms with Crippen molar-refractivity contribution in [3.63, 3.8) is 0 Å². The van der Waals surface area contributed by atoms with Crippen LogP contribution in [0.3, 0.4) is 0 Å². The van der Waals surface area contributed by atoms with E-state index in [-0.39, 0.29) is 68.1 Å². The lowest BCUT2D eigenvalue weighted by Crippen LogP contribution is -2.53. The zero-order chi connectivity index (χ0) is 39.9. The Hall–Kier alpha value is -5.64. The summed E-state index contributed by atoms with van der Waals surface area (Å²) in [6, 6.07) is 12.0. The Kier molecular flexibility index (Phi) is 15.9. The molecule has 2 unspecified atom stereocenters. The van der Waals surface area contributed by atoms with Crippen molar-refractivity contribution in [2.45, 2.75) is 96.6 Å². The normalized spacial score (nSPS) is 18.3.